The molecule has 1 amide bonds. The number of nitrogens with zero attached hydrogens (tertiary/aromatic N) is 4. The molecule has 4 rings (SSSR count). The molecule has 0 spiro atoms. The molecule has 0 bridgehead atoms. The highest BCUT2D eigenvalue weighted by Gasteiger charge is 2.29. The number of carbonyl (C=O) groups excluding carboxylic acids is 1. The van der Waals surface area contributed by atoms with E-state index in [0.29, 0.717) is 29.9 Å². The lowest BCUT2D eigenvalue weighted by Crippen LogP contribution is -2.42. The van der Waals surface area contributed by atoms with Crippen LogP contribution in [-0.4, -0.2) is 44.6 Å². The summed E-state index contributed by atoms with van der Waals surface area (Å²) in [6.07, 6.45) is 2.78. The van der Waals surface area contributed by atoms with Crippen molar-refractivity contribution in [2.24, 2.45) is 0 Å². The van der Waals surface area contributed by atoms with Gasteiger partial charge < -0.3 is 15.0 Å². The second-order valence-electron chi connectivity index (χ2n) is 8.94. The van der Waals surface area contributed by atoms with Crippen LogP contribution in [0.1, 0.15) is 45.2 Å². The number of amides is 1. The molecule has 3 heterocycles. The molecule has 0 saturated carbocycles. The van der Waals surface area contributed by atoms with E-state index in [2.05, 4.69) is 15.3 Å². The van der Waals surface area contributed by atoms with Crippen LogP contribution >= 0.6 is 23.2 Å². The predicted octanol–water partition coefficient (Wildman–Crippen LogP) is 6.33. The fourth-order valence-corrected chi connectivity index (χ4v) is 4.05. The number of aromatic nitrogens is 3. The first-order chi connectivity index (χ1) is 15.6. The molecule has 0 radical (unpaired) electrons. The molecule has 3 aromatic rings. The van der Waals surface area contributed by atoms with Crippen LogP contribution in [0.15, 0.2) is 30.6 Å². The van der Waals surface area contributed by atoms with E-state index in [1.54, 1.807) is 4.90 Å². The standard InChI is InChI=1S/C23H24Cl2FN5O2/c1-23(2,3)33-22(32)31-10-4-5-13(11-31)15-8-9-17-20(29-15)21(28-12-27-17)30-16-7-6-14(24)18(25)19(16)26/h6-9,12-13H,4-5,10-11H2,1-3H3,(H,27,28,30)/t13-/m1/s1. The van der Waals surface area contributed by atoms with Crippen molar-refractivity contribution in [1.29, 1.82) is 0 Å². The van der Waals surface area contributed by atoms with Gasteiger partial charge in [-0.05, 0) is 57.9 Å². The van der Waals surface area contributed by atoms with E-state index in [4.69, 9.17) is 32.9 Å². The molecule has 2 aromatic heterocycles. The van der Waals surface area contributed by atoms with Crippen molar-refractivity contribution in [2.45, 2.75) is 45.1 Å². The van der Waals surface area contributed by atoms with E-state index in [1.807, 2.05) is 32.9 Å². The molecule has 10 heteroatoms. The van der Waals surface area contributed by atoms with Crippen molar-refractivity contribution in [2.75, 3.05) is 18.4 Å². The fourth-order valence-electron chi connectivity index (χ4n) is 3.73. The van der Waals surface area contributed by atoms with Crippen molar-refractivity contribution in [3.63, 3.8) is 0 Å². The number of fused-ring (bicyclic) bond motifs is 1. The summed E-state index contributed by atoms with van der Waals surface area (Å²) < 4.78 is 20.1. The molecular formula is C23H24Cl2FN5O2. The van der Waals surface area contributed by atoms with Crippen LogP contribution in [0.25, 0.3) is 11.0 Å². The molecule has 174 valence electrons. The Hall–Kier alpha value is -2.71. The Morgan fingerprint density at radius 1 is 1.21 bits per heavy atom. The number of carbonyl (C=O) groups is 1. The summed E-state index contributed by atoms with van der Waals surface area (Å²) in [5.74, 6) is -0.295. The van der Waals surface area contributed by atoms with Crippen LogP contribution in [0.3, 0.4) is 0 Å². The molecule has 1 aliphatic rings. The van der Waals surface area contributed by atoms with Crippen LogP contribution in [0.2, 0.25) is 10.0 Å². The lowest BCUT2D eigenvalue weighted by Gasteiger charge is -2.34. The van der Waals surface area contributed by atoms with Gasteiger partial charge in [0, 0.05) is 24.7 Å². The third-order valence-electron chi connectivity index (χ3n) is 5.28. The number of anilines is 2. The molecule has 1 saturated heterocycles. The molecule has 0 aliphatic carbocycles. The van der Waals surface area contributed by atoms with Crippen molar-refractivity contribution in [3.05, 3.63) is 52.1 Å². The minimum absolute atomic E-state index is 0.0328. The van der Waals surface area contributed by atoms with Crippen LogP contribution < -0.4 is 5.32 Å². The number of ether oxygens (including phenoxy) is 1. The normalized spacial score (nSPS) is 16.7. The number of hydrogen-bond donors (Lipinski definition) is 1. The van der Waals surface area contributed by atoms with Crippen molar-refractivity contribution >= 4 is 51.8 Å². The van der Waals surface area contributed by atoms with Gasteiger partial charge in [0.1, 0.15) is 17.4 Å². The average Bonchev–Trinajstić information content (AvgIpc) is 2.78. The maximum Gasteiger partial charge on any atom is 0.410 e. The van der Waals surface area contributed by atoms with Crippen LogP contribution in [0.4, 0.5) is 20.7 Å². The van der Waals surface area contributed by atoms with Crippen LogP contribution in [0, 0.1) is 5.82 Å². The van der Waals surface area contributed by atoms with Gasteiger partial charge in [-0.3, -0.25) is 0 Å². The molecule has 1 N–H and O–H groups in total. The lowest BCUT2D eigenvalue weighted by molar-refractivity contribution is 0.0197. The van der Waals surface area contributed by atoms with Crippen LogP contribution in [0.5, 0.6) is 0 Å². The van der Waals surface area contributed by atoms with Crippen molar-refractivity contribution in [1.82, 2.24) is 19.9 Å². The number of hydrogen-bond acceptors (Lipinski definition) is 6. The maximum absolute atomic E-state index is 14.6. The monoisotopic (exact) mass is 491 g/mol. The first-order valence-corrected chi connectivity index (χ1v) is 11.4. The number of likely N-dealkylation sites (tertiary alicyclic amines) is 1. The second kappa shape index (κ2) is 9.27. The third-order valence-corrected chi connectivity index (χ3v) is 6.06. The number of nitrogens with one attached hydrogen (secondary N) is 1. The largest absolute Gasteiger partial charge is 0.444 e. The van der Waals surface area contributed by atoms with Gasteiger partial charge in [0.25, 0.3) is 0 Å². The topological polar surface area (TPSA) is 80.2 Å². The fraction of sp³-hybridized carbons (Fsp3) is 0.391. The summed E-state index contributed by atoms with van der Waals surface area (Å²) in [6.45, 7) is 6.70. The summed E-state index contributed by atoms with van der Waals surface area (Å²) >= 11 is 11.8. The Labute approximate surface area is 201 Å². The van der Waals surface area contributed by atoms with E-state index < -0.39 is 11.4 Å². The Kier molecular flexibility index (Phi) is 6.59. The highest BCUT2D eigenvalue weighted by molar-refractivity contribution is 6.42. The van der Waals surface area contributed by atoms with Gasteiger partial charge in [-0.1, -0.05) is 23.2 Å². The predicted molar refractivity (Wildman–Crippen MR) is 127 cm³/mol. The Bertz CT molecular complexity index is 1200. The average molecular weight is 492 g/mol. The molecule has 1 aliphatic heterocycles. The first-order valence-electron chi connectivity index (χ1n) is 10.6. The number of rotatable bonds is 3. The number of halogens is 3. The summed E-state index contributed by atoms with van der Waals surface area (Å²) in [4.78, 5) is 27.6. The van der Waals surface area contributed by atoms with Gasteiger partial charge in [0.2, 0.25) is 0 Å². The number of benzene rings is 1. The molecule has 1 fully saturated rings. The Morgan fingerprint density at radius 3 is 2.76 bits per heavy atom. The van der Waals surface area contributed by atoms with Gasteiger partial charge in [-0.15, -0.1) is 0 Å². The van der Waals surface area contributed by atoms with E-state index >= 15 is 0 Å². The van der Waals surface area contributed by atoms with Crippen molar-refractivity contribution in [3.8, 4) is 0 Å². The zero-order valence-corrected chi connectivity index (χ0v) is 20.0. The Balaban J connectivity index is 1.62. The summed E-state index contributed by atoms with van der Waals surface area (Å²) in [7, 11) is 0. The molecule has 7 nitrogen and oxygen atoms in total. The van der Waals surface area contributed by atoms with Gasteiger partial charge in [0.15, 0.2) is 11.6 Å². The third kappa shape index (κ3) is 5.28. The number of pyridine rings is 1. The minimum atomic E-state index is -0.674. The second-order valence-corrected chi connectivity index (χ2v) is 9.72. The quantitative estimate of drug-likeness (QED) is 0.431. The van der Waals surface area contributed by atoms with Gasteiger partial charge in [0.05, 0.1) is 21.2 Å². The minimum Gasteiger partial charge on any atom is -0.444 e. The van der Waals surface area contributed by atoms with E-state index in [1.165, 1.54) is 18.5 Å². The van der Waals surface area contributed by atoms with E-state index in [9.17, 15) is 9.18 Å². The number of piperidine rings is 1. The zero-order valence-electron chi connectivity index (χ0n) is 18.5. The molecule has 1 atom stereocenters. The molecule has 0 unspecified atom stereocenters. The molecule has 1 aromatic carbocycles. The lowest BCUT2D eigenvalue weighted by atomic mass is 9.94. The summed E-state index contributed by atoms with van der Waals surface area (Å²) in [5.41, 5.74) is 1.49. The van der Waals surface area contributed by atoms with Crippen LogP contribution in [-0.2, 0) is 4.74 Å². The van der Waals surface area contributed by atoms with E-state index in [-0.39, 0.29) is 27.7 Å². The molecule has 33 heavy (non-hydrogen) atoms. The smallest absolute Gasteiger partial charge is 0.410 e. The first kappa shape index (κ1) is 23.4. The maximum atomic E-state index is 14.6. The zero-order chi connectivity index (χ0) is 23.8. The summed E-state index contributed by atoms with van der Waals surface area (Å²) in [6, 6.07) is 6.75. The van der Waals surface area contributed by atoms with Gasteiger partial charge in [-0.25, -0.2) is 24.1 Å². The van der Waals surface area contributed by atoms with Gasteiger partial charge >= 0.3 is 6.09 Å². The highest BCUT2D eigenvalue weighted by Crippen LogP contribution is 2.33. The highest BCUT2D eigenvalue weighted by atomic mass is 35.5. The van der Waals surface area contributed by atoms with E-state index in [0.717, 1.165) is 18.5 Å². The van der Waals surface area contributed by atoms with Gasteiger partial charge in [-0.2, -0.15) is 0 Å². The molecular weight excluding hydrogens is 468 g/mol. The summed E-state index contributed by atoms with van der Waals surface area (Å²) in [5, 5.41) is 2.91. The van der Waals surface area contributed by atoms with Crippen molar-refractivity contribution < 1.29 is 13.9 Å². The Morgan fingerprint density at radius 2 is 2.00 bits per heavy atom. The SMILES string of the molecule is CC(C)(C)OC(=O)N1CCC[C@@H](c2ccc3ncnc(Nc4ccc(Cl)c(Cl)c4F)c3n2)C1.